The Labute approximate surface area is 268 Å². The van der Waals surface area contributed by atoms with E-state index in [0.717, 1.165) is 58.4 Å². The SMILES string of the molecule is C=CC(=O)OCCCCCCOc1ccc(C(=O)OC2COc3ccc4ccccc4c3-c3c(ccc4ccccc34)OC2)cc1. The highest BCUT2D eigenvalue weighted by Crippen LogP contribution is 2.46. The van der Waals surface area contributed by atoms with Gasteiger partial charge in [0.05, 0.1) is 18.8 Å². The summed E-state index contributed by atoms with van der Waals surface area (Å²) in [5.41, 5.74) is 2.34. The second kappa shape index (κ2) is 14.7. The largest absolute Gasteiger partial charge is 0.494 e. The Balaban J connectivity index is 1.11. The quantitative estimate of drug-likeness (QED) is 0.0839. The first-order chi connectivity index (χ1) is 22.6. The minimum atomic E-state index is -0.638. The van der Waals surface area contributed by atoms with Crippen molar-refractivity contribution in [2.45, 2.75) is 31.8 Å². The number of benzene rings is 5. The van der Waals surface area contributed by atoms with Gasteiger partial charge in [-0.15, -0.1) is 0 Å². The maximum atomic E-state index is 13.2. The third-order valence-corrected chi connectivity index (χ3v) is 7.96. The molecule has 0 unspecified atom stereocenters. The van der Waals surface area contributed by atoms with Crippen molar-refractivity contribution in [1.82, 2.24) is 0 Å². The molecule has 0 fully saturated rings. The first-order valence-electron chi connectivity index (χ1n) is 15.6. The first-order valence-corrected chi connectivity index (χ1v) is 15.6. The molecular weight excluding hydrogens is 580 g/mol. The summed E-state index contributed by atoms with van der Waals surface area (Å²) in [6, 6.07) is 31.5. The number of carbonyl (C=O) groups excluding carboxylic acids is 2. The van der Waals surface area contributed by atoms with Gasteiger partial charge in [-0.05, 0) is 83.6 Å². The lowest BCUT2D eigenvalue weighted by Crippen LogP contribution is -2.31. The van der Waals surface area contributed by atoms with Crippen molar-refractivity contribution in [3.05, 3.63) is 115 Å². The summed E-state index contributed by atoms with van der Waals surface area (Å²) < 4.78 is 29.5. The Morgan fingerprint density at radius 3 is 1.85 bits per heavy atom. The number of ether oxygens (including phenoxy) is 5. The standard InChI is InChI=1S/C39H36O7/c1-2-36(40)43-24-10-4-3-9-23-42-30-19-15-29(16-20-30)39(41)46-31-25-44-34-21-17-27-11-5-7-13-32(27)37(34)38-33-14-8-6-12-28(33)18-22-35(38)45-26-31/h2,5-8,11-22,31H,1,3-4,9-10,23-26H2. The van der Waals surface area contributed by atoms with E-state index in [-0.39, 0.29) is 13.2 Å². The van der Waals surface area contributed by atoms with Crippen LogP contribution in [0.5, 0.6) is 17.2 Å². The number of hydrogen-bond acceptors (Lipinski definition) is 7. The Morgan fingerprint density at radius 1 is 0.696 bits per heavy atom. The van der Waals surface area contributed by atoms with Crippen molar-refractivity contribution in [1.29, 1.82) is 0 Å². The number of carbonyl (C=O) groups is 2. The van der Waals surface area contributed by atoms with Gasteiger partial charge in [-0.3, -0.25) is 0 Å². The smallest absolute Gasteiger partial charge is 0.338 e. The molecule has 0 saturated carbocycles. The molecule has 0 amide bonds. The van der Waals surface area contributed by atoms with Gasteiger partial charge in [0.2, 0.25) is 0 Å². The fourth-order valence-corrected chi connectivity index (χ4v) is 5.63. The number of unbranched alkanes of at least 4 members (excludes halogenated alkanes) is 3. The molecule has 0 aliphatic carbocycles. The fourth-order valence-electron chi connectivity index (χ4n) is 5.63. The minimum absolute atomic E-state index is 0.140. The molecule has 0 saturated heterocycles. The molecule has 5 aromatic rings. The fraction of sp³-hybridized carbons (Fsp3) is 0.231. The third kappa shape index (κ3) is 7.15. The topological polar surface area (TPSA) is 80.3 Å². The molecule has 0 spiro atoms. The predicted molar refractivity (Wildman–Crippen MR) is 179 cm³/mol. The second-order valence-electron chi connectivity index (χ2n) is 11.1. The van der Waals surface area contributed by atoms with Crippen molar-refractivity contribution in [3.8, 4) is 28.4 Å². The normalized spacial score (nSPS) is 12.8. The van der Waals surface area contributed by atoms with Crippen molar-refractivity contribution < 1.29 is 33.3 Å². The molecule has 0 bridgehead atoms. The number of rotatable bonds is 11. The van der Waals surface area contributed by atoms with E-state index in [1.54, 1.807) is 24.3 Å². The van der Waals surface area contributed by atoms with Crippen LogP contribution in [0.2, 0.25) is 0 Å². The summed E-state index contributed by atoms with van der Waals surface area (Å²) in [4.78, 5) is 24.2. The maximum absolute atomic E-state index is 13.2. The van der Waals surface area contributed by atoms with Crippen LogP contribution in [-0.2, 0) is 14.3 Å². The summed E-state index contributed by atoms with van der Waals surface area (Å²) in [5, 5.41) is 4.32. The highest BCUT2D eigenvalue weighted by atomic mass is 16.6. The van der Waals surface area contributed by atoms with Gasteiger partial charge in [0.25, 0.3) is 0 Å². The molecule has 1 heterocycles. The molecule has 1 aliphatic heterocycles. The van der Waals surface area contributed by atoms with Crippen LogP contribution >= 0.6 is 0 Å². The number of hydrogen-bond donors (Lipinski definition) is 0. The molecule has 0 atom stereocenters. The van der Waals surface area contributed by atoms with Crippen LogP contribution in [-0.4, -0.2) is 44.5 Å². The van der Waals surface area contributed by atoms with Crippen LogP contribution in [0, 0.1) is 0 Å². The average Bonchev–Trinajstić information content (AvgIpc) is 3.17. The molecular formula is C39H36O7. The van der Waals surface area contributed by atoms with Gasteiger partial charge in [0, 0.05) is 17.2 Å². The van der Waals surface area contributed by atoms with Gasteiger partial charge in [0.1, 0.15) is 30.5 Å². The Morgan fingerprint density at radius 2 is 1.26 bits per heavy atom. The molecule has 0 N–H and O–H groups in total. The van der Waals surface area contributed by atoms with Crippen LogP contribution in [0.1, 0.15) is 36.0 Å². The van der Waals surface area contributed by atoms with Gasteiger partial charge >= 0.3 is 11.9 Å². The van der Waals surface area contributed by atoms with Crippen molar-refractivity contribution >= 4 is 33.5 Å². The van der Waals surface area contributed by atoms with E-state index in [1.807, 2.05) is 48.5 Å². The van der Waals surface area contributed by atoms with E-state index in [4.69, 9.17) is 23.7 Å². The van der Waals surface area contributed by atoms with Crippen molar-refractivity contribution in [2.24, 2.45) is 0 Å². The maximum Gasteiger partial charge on any atom is 0.338 e. The lowest BCUT2D eigenvalue weighted by molar-refractivity contribution is -0.137. The van der Waals surface area contributed by atoms with Crippen LogP contribution in [0.25, 0.3) is 32.7 Å². The van der Waals surface area contributed by atoms with Gasteiger partial charge in [-0.1, -0.05) is 67.2 Å². The summed E-state index contributed by atoms with van der Waals surface area (Å²) in [7, 11) is 0. The highest BCUT2D eigenvalue weighted by Gasteiger charge is 2.25. The Kier molecular flexibility index (Phi) is 9.78. The lowest BCUT2D eigenvalue weighted by Gasteiger charge is -2.18. The molecule has 7 nitrogen and oxygen atoms in total. The highest BCUT2D eigenvalue weighted by molar-refractivity contribution is 6.09. The third-order valence-electron chi connectivity index (χ3n) is 7.96. The predicted octanol–water partition coefficient (Wildman–Crippen LogP) is 8.33. The summed E-state index contributed by atoms with van der Waals surface area (Å²) in [6.45, 7) is 4.62. The second-order valence-corrected chi connectivity index (χ2v) is 11.1. The monoisotopic (exact) mass is 616 g/mol. The zero-order chi connectivity index (χ0) is 31.7. The van der Waals surface area contributed by atoms with E-state index in [2.05, 4.69) is 30.8 Å². The molecule has 0 aromatic heterocycles. The van der Waals surface area contributed by atoms with Crippen molar-refractivity contribution in [3.63, 3.8) is 0 Å². The molecule has 46 heavy (non-hydrogen) atoms. The molecule has 0 radical (unpaired) electrons. The van der Waals surface area contributed by atoms with Crippen LogP contribution in [0.3, 0.4) is 0 Å². The van der Waals surface area contributed by atoms with E-state index in [0.29, 0.717) is 36.0 Å². The first kappa shape index (κ1) is 30.7. The molecule has 7 heteroatoms. The van der Waals surface area contributed by atoms with Gasteiger partial charge in [-0.2, -0.15) is 0 Å². The zero-order valence-corrected chi connectivity index (χ0v) is 25.6. The summed E-state index contributed by atoms with van der Waals surface area (Å²) in [6.07, 6.45) is 4.11. The van der Waals surface area contributed by atoms with Crippen molar-refractivity contribution in [2.75, 3.05) is 26.4 Å². The van der Waals surface area contributed by atoms with E-state index >= 15 is 0 Å². The van der Waals surface area contributed by atoms with Gasteiger partial charge < -0.3 is 23.7 Å². The van der Waals surface area contributed by atoms with E-state index < -0.39 is 18.0 Å². The zero-order valence-electron chi connectivity index (χ0n) is 25.6. The Bertz CT molecular complexity index is 1750. The van der Waals surface area contributed by atoms with Gasteiger partial charge in [0.15, 0.2) is 6.10 Å². The summed E-state index contributed by atoms with van der Waals surface area (Å²) >= 11 is 0. The molecule has 234 valence electrons. The van der Waals surface area contributed by atoms with E-state index in [1.165, 1.54) is 6.08 Å². The van der Waals surface area contributed by atoms with Crippen LogP contribution in [0.15, 0.2) is 110 Å². The lowest BCUT2D eigenvalue weighted by atomic mass is 9.92. The molecule has 5 aromatic carbocycles. The average molecular weight is 617 g/mol. The summed E-state index contributed by atoms with van der Waals surface area (Å²) in [5.74, 6) is 1.24. The molecule has 6 rings (SSSR count). The minimum Gasteiger partial charge on any atom is -0.494 e. The van der Waals surface area contributed by atoms with E-state index in [9.17, 15) is 9.59 Å². The van der Waals surface area contributed by atoms with Crippen LogP contribution < -0.4 is 14.2 Å². The number of esters is 2. The van der Waals surface area contributed by atoms with Gasteiger partial charge in [-0.25, -0.2) is 9.59 Å². The van der Waals surface area contributed by atoms with Crippen LogP contribution in [0.4, 0.5) is 0 Å². The Hall–Kier alpha value is -5.30. The number of fused-ring (bicyclic) bond motifs is 7. The molecule has 1 aliphatic rings.